The van der Waals surface area contributed by atoms with Gasteiger partial charge in [-0.25, -0.2) is 0 Å². The molecule has 0 saturated carbocycles. The van der Waals surface area contributed by atoms with E-state index in [1.165, 1.54) is 0 Å². The molecule has 0 unspecified atom stereocenters. The summed E-state index contributed by atoms with van der Waals surface area (Å²) >= 11 is 0. The zero-order chi connectivity index (χ0) is 0. The molecule has 0 aromatic rings. The third-order valence-corrected chi connectivity index (χ3v) is 0. The Balaban J connectivity index is 0. The van der Waals surface area contributed by atoms with E-state index in [0.717, 1.165) is 0 Å². The predicted octanol–water partition coefficient (Wildman–Crippen LogP) is -0.383. The third-order valence-electron chi connectivity index (χ3n) is 0. The molecule has 0 rings (SSSR count). The quantitative estimate of drug-likeness (QED) is 0.482. The minimum Gasteiger partial charge on any atom is 0 e. The predicted molar refractivity (Wildman–Crippen MR) is 5.75 cm³/mol. The molecule has 0 atom stereocenters. The van der Waals surface area contributed by atoms with E-state index in [1.807, 2.05) is 0 Å². The summed E-state index contributed by atoms with van der Waals surface area (Å²) in [4.78, 5) is 0. The molecule has 6 radical (unpaired) electrons. The van der Waals surface area contributed by atoms with E-state index < -0.39 is 0 Å². The van der Waals surface area contributed by atoms with Crippen molar-refractivity contribution in [1.82, 2.24) is 0 Å². The largest absolute Gasteiger partial charge is 0 e. The van der Waals surface area contributed by atoms with Gasteiger partial charge in [-0.15, -0.1) is 0 Å². The Morgan fingerprint density at radius 3 is 1.00 bits per heavy atom. The standard InChI is InChI=1S/Al.Lu.Sc.Tb. The van der Waals surface area contributed by atoms with E-state index in [0.29, 0.717) is 0 Å². The van der Waals surface area contributed by atoms with Crippen molar-refractivity contribution in [2.24, 2.45) is 0 Å². The van der Waals surface area contributed by atoms with Gasteiger partial charge in [0.25, 0.3) is 0 Å². The van der Waals surface area contributed by atoms with Crippen LogP contribution in [0.2, 0.25) is 0 Å². The Morgan fingerprint density at radius 1 is 1.00 bits per heavy atom. The number of hydrogen-bond acceptors (Lipinski definition) is 0. The molecule has 0 N–H and O–H groups in total. The fourth-order valence-electron chi connectivity index (χ4n) is 0. The van der Waals surface area contributed by atoms with Gasteiger partial charge in [-0.3, -0.25) is 0 Å². The summed E-state index contributed by atoms with van der Waals surface area (Å²) in [6, 6.07) is 0. The van der Waals surface area contributed by atoms with Crippen LogP contribution in [-0.2, 0) is 25.8 Å². The second-order valence-corrected chi connectivity index (χ2v) is 0. The molecule has 0 bridgehead atoms. The Bertz CT molecular complexity index is 8.00. The SMILES string of the molecule is [Al].[Lu].[Sc].[Tb]. The summed E-state index contributed by atoms with van der Waals surface area (Å²) in [7, 11) is 0. The third kappa shape index (κ3) is 9.33. The first-order valence-electron chi connectivity index (χ1n) is 0. The molecule has 0 amide bonds. The van der Waals surface area contributed by atoms with E-state index in [9.17, 15) is 0 Å². The van der Waals surface area contributed by atoms with Crippen LogP contribution in [0, 0.1) is 75.5 Å². The van der Waals surface area contributed by atoms with E-state index >= 15 is 0 Å². The number of rotatable bonds is 0. The molecule has 0 nitrogen and oxygen atoms in total. The zero-order valence-corrected chi connectivity index (χ0v) is 8.50. The molecule has 30 valence electrons. The number of hydrogen-bond donors (Lipinski definition) is 0. The van der Waals surface area contributed by atoms with Crippen LogP contribution in [0.5, 0.6) is 0 Å². The maximum absolute atomic E-state index is 0. The van der Waals surface area contributed by atoms with E-state index in [-0.39, 0.29) is 119 Å². The molecule has 0 aliphatic heterocycles. The molecular weight excluding hydrogens is 406 g/mol. The van der Waals surface area contributed by atoms with Crippen LogP contribution < -0.4 is 0 Å². The van der Waals surface area contributed by atoms with Gasteiger partial charge in [0, 0.05) is 119 Å². The van der Waals surface area contributed by atoms with Crippen LogP contribution in [-0.4, -0.2) is 17.4 Å². The summed E-state index contributed by atoms with van der Waals surface area (Å²) in [6.07, 6.45) is 0. The molecule has 0 heterocycles. The average Bonchev–Trinajstić information content (AvgIpc) is 0. The van der Waals surface area contributed by atoms with Crippen LogP contribution in [0.4, 0.5) is 0 Å². The summed E-state index contributed by atoms with van der Waals surface area (Å²) in [5, 5.41) is 0. The van der Waals surface area contributed by atoms with Gasteiger partial charge in [0.15, 0.2) is 0 Å². The second-order valence-electron chi connectivity index (χ2n) is 0. The molecule has 4 heteroatoms. The molecule has 0 spiro atoms. The van der Waals surface area contributed by atoms with Crippen molar-refractivity contribution in [3.05, 3.63) is 0 Å². The zero-order valence-electron chi connectivity index (χ0n) is 1.75. The fraction of sp³-hybridized carbons (Fsp3) is 0. The Hall–Kier alpha value is 3.92. The summed E-state index contributed by atoms with van der Waals surface area (Å²) < 4.78 is 0. The van der Waals surface area contributed by atoms with Crippen molar-refractivity contribution in [3.63, 3.8) is 0 Å². The molecule has 0 fully saturated rings. The van der Waals surface area contributed by atoms with E-state index in [4.69, 9.17) is 0 Å². The molecule has 0 aromatic heterocycles. The monoisotopic (exact) mass is 406 g/mol. The van der Waals surface area contributed by atoms with Gasteiger partial charge in [0.2, 0.25) is 0 Å². The molecule has 0 aromatic carbocycles. The van der Waals surface area contributed by atoms with Crippen molar-refractivity contribution in [3.8, 4) is 0 Å². The van der Waals surface area contributed by atoms with Crippen molar-refractivity contribution in [2.75, 3.05) is 0 Å². The van der Waals surface area contributed by atoms with Crippen LogP contribution >= 0.6 is 0 Å². The van der Waals surface area contributed by atoms with Crippen LogP contribution in [0.15, 0.2) is 0 Å². The van der Waals surface area contributed by atoms with Crippen molar-refractivity contribution >= 4 is 17.4 Å². The summed E-state index contributed by atoms with van der Waals surface area (Å²) in [6.45, 7) is 0. The van der Waals surface area contributed by atoms with Gasteiger partial charge in [0.05, 0.1) is 0 Å². The van der Waals surface area contributed by atoms with Crippen LogP contribution in [0.25, 0.3) is 0 Å². The van der Waals surface area contributed by atoms with Gasteiger partial charge >= 0.3 is 0 Å². The Kier molecular flexibility index (Phi) is 97.4. The normalized spacial score (nSPS) is 0. The van der Waals surface area contributed by atoms with Gasteiger partial charge in [-0.1, -0.05) is 0 Å². The Labute approximate surface area is 115 Å². The fourth-order valence-corrected chi connectivity index (χ4v) is 0. The van der Waals surface area contributed by atoms with Crippen LogP contribution in [0.3, 0.4) is 0 Å². The minimum absolute atomic E-state index is 0. The van der Waals surface area contributed by atoms with E-state index in [2.05, 4.69) is 0 Å². The van der Waals surface area contributed by atoms with Crippen molar-refractivity contribution < 1.29 is 101 Å². The summed E-state index contributed by atoms with van der Waals surface area (Å²) in [5.41, 5.74) is 0. The maximum Gasteiger partial charge on any atom is 0 e. The van der Waals surface area contributed by atoms with E-state index in [1.54, 1.807) is 0 Å². The summed E-state index contributed by atoms with van der Waals surface area (Å²) in [5.74, 6) is 0. The van der Waals surface area contributed by atoms with Crippen molar-refractivity contribution in [1.29, 1.82) is 0 Å². The topological polar surface area (TPSA) is 0 Å². The first-order valence-corrected chi connectivity index (χ1v) is 0. The smallest absolute Gasteiger partial charge is 0 e. The Morgan fingerprint density at radius 2 is 1.00 bits per heavy atom. The molecule has 4 heavy (non-hydrogen) atoms. The van der Waals surface area contributed by atoms with Crippen LogP contribution in [0.1, 0.15) is 0 Å². The first kappa shape index (κ1) is 24.7. The molecule has 0 aliphatic carbocycles. The molecular formula is AlLuScTb. The maximum atomic E-state index is 0. The molecule has 0 aliphatic rings. The van der Waals surface area contributed by atoms with Gasteiger partial charge < -0.3 is 0 Å². The van der Waals surface area contributed by atoms with Gasteiger partial charge in [-0.2, -0.15) is 0 Å². The minimum atomic E-state index is 0. The molecule has 0 saturated heterocycles. The average molecular weight is 406 g/mol. The van der Waals surface area contributed by atoms with Gasteiger partial charge in [-0.05, 0) is 0 Å². The first-order chi connectivity index (χ1) is 0. The van der Waals surface area contributed by atoms with Crippen molar-refractivity contribution in [2.45, 2.75) is 0 Å². The van der Waals surface area contributed by atoms with Gasteiger partial charge in [0.1, 0.15) is 0 Å². The second kappa shape index (κ2) is 15.8.